The van der Waals surface area contributed by atoms with Gasteiger partial charge in [0, 0.05) is 15.8 Å². The molecular formula is C9H9NS. The van der Waals surface area contributed by atoms with Crippen LogP contribution in [0.5, 0.6) is 0 Å². The Hall–Kier alpha value is -1.02. The zero-order valence-corrected chi connectivity index (χ0v) is 7.11. The van der Waals surface area contributed by atoms with E-state index < -0.39 is 0 Å². The standard InChI is InChI=1S/C9H9NS/c1-6-4-8(10)7-2-3-11-9(7)5-6/h2-5H,10H2,1H3. The van der Waals surface area contributed by atoms with Crippen LogP contribution in [0.25, 0.3) is 10.1 Å². The maximum absolute atomic E-state index is 5.81. The molecule has 1 aromatic heterocycles. The molecule has 0 radical (unpaired) electrons. The van der Waals surface area contributed by atoms with Crippen LogP contribution < -0.4 is 5.73 Å². The monoisotopic (exact) mass is 163 g/mol. The molecule has 11 heavy (non-hydrogen) atoms. The van der Waals surface area contributed by atoms with Crippen molar-refractivity contribution in [3.63, 3.8) is 0 Å². The first-order chi connectivity index (χ1) is 5.27. The Kier molecular flexibility index (Phi) is 1.36. The second kappa shape index (κ2) is 2.24. The molecule has 0 saturated carbocycles. The van der Waals surface area contributed by atoms with Gasteiger partial charge in [-0.2, -0.15) is 0 Å². The van der Waals surface area contributed by atoms with Crippen LogP contribution in [-0.2, 0) is 0 Å². The van der Waals surface area contributed by atoms with E-state index in [1.165, 1.54) is 15.6 Å². The lowest BCUT2D eigenvalue weighted by Gasteiger charge is -1.97. The minimum absolute atomic E-state index is 0.890. The molecular weight excluding hydrogens is 154 g/mol. The van der Waals surface area contributed by atoms with Gasteiger partial charge in [-0.05, 0) is 36.1 Å². The summed E-state index contributed by atoms with van der Waals surface area (Å²) in [5.74, 6) is 0. The third kappa shape index (κ3) is 0.994. The lowest BCUT2D eigenvalue weighted by Crippen LogP contribution is -1.85. The van der Waals surface area contributed by atoms with Gasteiger partial charge in [0.1, 0.15) is 0 Å². The maximum atomic E-state index is 5.81. The van der Waals surface area contributed by atoms with Crippen LogP contribution in [0.15, 0.2) is 23.6 Å². The van der Waals surface area contributed by atoms with Crippen molar-refractivity contribution in [2.45, 2.75) is 6.92 Å². The van der Waals surface area contributed by atoms with Crippen LogP contribution in [0.3, 0.4) is 0 Å². The van der Waals surface area contributed by atoms with Crippen molar-refractivity contribution in [1.82, 2.24) is 0 Å². The van der Waals surface area contributed by atoms with Gasteiger partial charge >= 0.3 is 0 Å². The normalized spacial score (nSPS) is 10.6. The second-order valence-electron chi connectivity index (χ2n) is 2.69. The van der Waals surface area contributed by atoms with Crippen LogP contribution in [-0.4, -0.2) is 0 Å². The molecule has 2 heteroatoms. The highest BCUT2D eigenvalue weighted by atomic mass is 32.1. The van der Waals surface area contributed by atoms with Crippen molar-refractivity contribution in [1.29, 1.82) is 0 Å². The lowest BCUT2D eigenvalue weighted by molar-refractivity contribution is 1.52. The van der Waals surface area contributed by atoms with Crippen LogP contribution in [0.2, 0.25) is 0 Å². The summed E-state index contributed by atoms with van der Waals surface area (Å²) in [7, 11) is 0. The molecule has 1 heterocycles. The number of nitrogen functional groups attached to an aromatic ring is 1. The number of rotatable bonds is 0. The highest BCUT2D eigenvalue weighted by Gasteiger charge is 1.98. The van der Waals surface area contributed by atoms with E-state index in [-0.39, 0.29) is 0 Å². The molecule has 2 aromatic rings. The number of thiophene rings is 1. The largest absolute Gasteiger partial charge is 0.398 e. The molecule has 0 atom stereocenters. The van der Waals surface area contributed by atoms with Gasteiger partial charge in [0.15, 0.2) is 0 Å². The Bertz CT molecular complexity index is 389. The summed E-state index contributed by atoms with van der Waals surface area (Å²) in [5, 5.41) is 3.25. The Morgan fingerprint density at radius 1 is 1.36 bits per heavy atom. The van der Waals surface area contributed by atoms with Gasteiger partial charge in [-0.1, -0.05) is 0 Å². The fourth-order valence-corrected chi connectivity index (χ4v) is 2.16. The zero-order valence-electron chi connectivity index (χ0n) is 6.29. The molecule has 0 aliphatic heterocycles. The highest BCUT2D eigenvalue weighted by molar-refractivity contribution is 7.17. The molecule has 2 N–H and O–H groups in total. The summed E-state index contributed by atoms with van der Waals surface area (Å²) in [4.78, 5) is 0. The average Bonchev–Trinajstić information content (AvgIpc) is 2.34. The maximum Gasteiger partial charge on any atom is 0.0404 e. The number of aryl methyl sites for hydroxylation is 1. The van der Waals surface area contributed by atoms with E-state index in [1.54, 1.807) is 11.3 Å². The molecule has 1 nitrogen and oxygen atoms in total. The first-order valence-corrected chi connectivity index (χ1v) is 4.38. The van der Waals surface area contributed by atoms with E-state index in [4.69, 9.17) is 5.73 Å². The summed E-state index contributed by atoms with van der Waals surface area (Å²) >= 11 is 1.74. The Morgan fingerprint density at radius 2 is 2.18 bits per heavy atom. The first kappa shape index (κ1) is 6.68. The molecule has 56 valence electrons. The van der Waals surface area contributed by atoms with E-state index in [1.807, 2.05) is 6.07 Å². The lowest BCUT2D eigenvalue weighted by atomic mass is 10.1. The van der Waals surface area contributed by atoms with Crippen molar-refractivity contribution in [2.75, 3.05) is 5.73 Å². The Labute approximate surface area is 69.5 Å². The summed E-state index contributed by atoms with van der Waals surface area (Å²) in [6.45, 7) is 2.06. The minimum Gasteiger partial charge on any atom is -0.398 e. The SMILES string of the molecule is Cc1cc(N)c2ccsc2c1. The number of anilines is 1. The van der Waals surface area contributed by atoms with Gasteiger partial charge in [0.05, 0.1) is 0 Å². The third-order valence-electron chi connectivity index (χ3n) is 1.75. The minimum atomic E-state index is 0.890. The van der Waals surface area contributed by atoms with Crippen LogP contribution in [0.4, 0.5) is 5.69 Å². The van der Waals surface area contributed by atoms with Crippen LogP contribution in [0.1, 0.15) is 5.56 Å². The molecule has 0 aliphatic rings. The van der Waals surface area contributed by atoms with Crippen molar-refractivity contribution in [3.8, 4) is 0 Å². The Balaban J connectivity index is 2.91. The quantitative estimate of drug-likeness (QED) is 0.594. The van der Waals surface area contributed by atoms with Gasteiger partial charge in [-0.25, -0.2) is 0 Å². The van der Waals surface area contributed by atoms with Gasteiger partial charge in [-0.3, -0.25) is 0 Å². The fourth-order valence-electron chi connectivity index (χ4n) is 1.24. The highest BCUT2D eigenvalue weighted by Crippen LogP contribution is 2.27. The molecule has 2 rings (SSSR count). The molecule has 0 fully saturated rings. The van der Waals surface area contributed by atoms with Gasteiger partial charge < -0.3 is 5.73 Å². The molecule has 0 spiro atoms. The number of hydrogen-bond acceptors (Lipinski definition) is 2. The average molecular weight is 163 g/mol. The molecule has 0 bridgehead atoms. The fraction of sp³-hybridized carbons (Fsp3) is 0.111. The molecule has 0 amide bonds. The van der Waals surface area contributed by atoms with E-state index in [0.717, 1.165) is 5.69 Å². The smallest absolute Gasteiger partial charge is 0.0404 e. The van der Waals surface area contributed by atoms with E-state index in [2.05, 4.69) is 24.4 Å². The molecule has 1 aromatic carbocycles. The van der Waals surface area contributed by atoms with E-state index >= 15 is 0 Å². The van der Waals surface area contributed by atoms with Crippen molar-refractivity contribution in [3.05, 3.63) is 29.1 Å². The van der Waals surface area contributed by atoms with Crippen molar-refractivity contribution >= 4 is 27.1 Å². The van der Waals surface area contributed by atoms with Gasteiger partial charge in [0.25, 0.3) is 0 Å². The van der Waals surface area contributed by atoms with Gasteiger partial charge in [0.2, 0.25) is 0 Å². The van der Waals surface area contributed by atoms with Crippen molar-refractivity contribution in [2.24, 2.45) is 0 Å². The number of hydrogen-bond donors (Lipinski definition) is 1. The summed E-state index contributed by atoms with van der Waals surface area (Å²) in [5.41, 5.74) is 7.93. The zero-order chi connectivity index (χ0) is 7.84. The summed E-state index contributed by atoms with van der Waals surface area (Å²) < 4.78 is 1.28. The van der Waals surface area contributed by atoms with E-state index in [9.17, 15) is 0 Å². The number of nitrogens with two attached hydrogens (primary N) is 1. The van der Waals surface area contributed by atoms with Gasteiger partial charge in [-0.15, -0.1) is 11.3 Å². The summed E-state index contributed by atoms with van der Waals surface area (Å²) in [6.07, 6.45) is 0. The Morgan fingerprint density at radius 3 is 3.00 bits per heavy atom. The van der Waals surface area contributed by atoms with Crippen LogP contribution >= 0.6 is 11.3 Å². The summed E-state index contributed by atoms with van der Waals surface area (Å²) in [6, 6.07) is 6.24. The molecule has 0 saturated heterocycles. The molecule has 0 unspecified atom stereocenters. The second-order valence-corrected chi connectivity index (χ2v) is 3.63. The van der Waals surface area contributed by atoms with Crippen molar-refractivity contribution < 1.29 is 0 Å². The predicted molar refractivity (Wildman–Crippen MR) is 51.0 cm³/mol. The number of benzene rings is 1. The van der Waals surface area contributed by atoms with Crippen LogP contribution in [0, 0.1) is 6.92 Å². The first-order valence-electron chi connectivity index (χ1n) is 3.51. The van der Waals surface area contributed by atoms with E-state index in [0.29, 0.717) is 0 Å². The molecule has 0 aliphatic carbocycles. The number of fused-ring (bicyclic) bond motifs is 1. The third-order valence-corrected chi connectivity index (χ3v) is 2.61. The topological polar surface area (TPSA) is 26.0 Å². The predicted octanol–water partition coefficient (Wildman–Crippen LogP) is 2.79.